The van der Waals surface area contributed by atoms with E-state index in [2.05, 4.69) is 5.32 Å². The third kappa shape index (κ3) is 5.83. The molecule has 0 fully saturated rings. The standard InChI is InChI=1S/C19H24FNO3/c1-3-23-10-11-24-18-9-6-16(12-19(18)22-2)14-21-13-15-4-7-17(20)8-5-15/h4-9,12,21H,3,10-11,13-14H2,1-2H3. The Morgan fingerprint density at radius 3 is 2.33 bits per heavy atom. The molecule has 0 spiro atoms. The Labute approximate surface area is 142 Å². The molecule has 0 bridgehead atoms. The van der Waals surface area contributed by atoms with E-state index in [-0.39, 0.29) is 5.82 Å². The number of rotatable bonds is 10. The highest BCUT2D eigenvalue weighted by atomic mass is 19.1. The SMILES string of the molecule is CCOCCOc1ccc(CNCc2ccc(F)cc2)cc1OC. The van der Waals surface area contributed by atoms with E-state index in [0.717, 1.165) is 11.1 Å². The van der Waals surface area contributed by atoms with Gasteiger partial charge in [-0.1, -0.05) is 18.2 Å². The number of hydrogen-bond acceptors (Lipinski definition) is 4. The second-order valence-corrected chi connectivity index (χ2v) is 5.26. The first-order valence-corrected chi connectivity index (χ1v) is 8.05. The average molecular weight is 333 g/mol. The van der Waals surface area contributed by atoms with Gasteiger partial charge in [-0.25, -0.2) is 4.39 Å². The maximum Gasteiger partial charge on any atom is 0.161 e. The Morgan fingerprint density at radius 1 is 0.917 bits per heavy atom. The number of nitrogens with one attached hydrogen (secondary N) is 1. The average Bonchev–Trinajstić information content (AvgIpc) is 2.61. The predicted molar refractivity (Wildman–Crippen MR) is 91.9 cm³/mol. The molecule has 2 rings (SSSR count). The van der Waals surface area contributed by atoms with E-state index in [1.807, 2.05) is 25.1 Å². The molecule has 2 aromatic carbocycles. The molecule has 0 unspecified atom stereocenters. The number of hydrogen-bond donors (Lipinski definition) is 1. The molecule has 4 nitrogen and oxygen atoms in total. The summed E-state index contributed by atoms with van der Waals surface area (Å²) < 4.78 is 29.2. The lowest BCUT2D eigenvalue weighted by molar-refractivity contribution is 0.109. The van der Waals surface area contributed by atoms with Crippen molar-refractivity contribution in [3.05, 3.63) is 59.4 Å². The summed E-state index contributed by atoms with van der Waals surface area (Å²) in [7, 11) is 1.63. The zero-order valence-corrected chi connectivity index (χ0v) is 14.2. The topological polar surface area (TPSA) is 39.7 Å². The molecule has 1 N–H and O–H groups in total. The van der Waals surface area contributed by atoms with Gasteiger partial charge in [-0.2, -0.15) is 0 Å². The van der Waals surface area contributed by atoms with Crippen LogP contribution in [0, 0.1) is 5.82 Å². The summed E-state index contributed by atoms with van der Waals surface area (Å²) in [6, 6.07) is 12.3. The van der Waals surface area contributed by atoms with E-state index in [9.17, 15) is 4.39 Å². The zero-order chi connectivity index (χ0) is 17.2. The summed E-state index contributed by atoms with van der Waals surface area (Å²) in [6.07, 6.45) is 0. The molecule has 24 heavy (non-hydrogen) atoms. The van der Waals surface area contributed by atoms with Crippen LogP contribution in [0.25, 0.3) is 0 Å². The third-order valence-corrected chi connectivity index (χ3v) is 3.49. The molecule has 0 radical (unpaired) electrons. The van der Waals surface area contributed by atoms with E-state index in [1.54, 1.807) is 19.2 Å². The van der Waals surface area contributed by atoms with Gasteiger partial charge in [0.15, 0.2) is 11.5 Å². The Morgan fingerprint density at radius 2 is 1.62 bits per heavy atom. The highest BCUT2D eigenvalue weighted by Gasteiger charge is 2.06. The summed E-state index contributed by atoms with van der Waals surface area (Å²) in [5.41, 5.74) is 2.13. The fourth-order valence-electron chi connectivity index (χ4n) is 2.25. The molecule has 0 atom stereocenters. The molecule has 0 saturated carbocycles. The first-order chi connectivity index (χ1) is 11.7. The zero-order valence-electron chi connectivity index (χ0n) is 14.2. The monoisotopic (exact) mass is 333 g/mol. The smallest absolute Gasteiger partial charge is 0.161 e. The first kappa shape index (κ1) is 18.2. The minimum Gasteiger partial charge on any atom is -0.493 e. The van der Waals surface area contributed by atoms with Crippen molar-refractivity contribution in [1.29, 1.82) is 0 Å². The first-order valence-electron chi connectivity index (χ1n) is 8.05. The van der Waals surface area contributed by atoms with Gasteiger partial charge in [-0.3, -0.25) is 0 Å². The van der Waals surface area contributed by atoms with Crippen molar-refractivity contribution >= 4 is 0 Å². The molecule has 0 aliphatic carbocycles. The minimum atomic E-state index is -0.219. The van der Waals surface area contributed by atoms with Gasteiger partial charge in [0.1, 0.15) is 12.4 Å². The molecule has 0 aliphatic heterocycles. The van der Waals surface area contributed by atoms with Crippen LogP contribution in [0.3, 0.4) is 0 Å². The number of methoxy groups -OCH3 is 1. The lowest BCUT2D eigenvalue weighted by atomic mass is 10.2. The normalized spacial score (nSPS) is 10.6. The molecule has 2 aromatic rings. The molecule has 0 saturated heterocycles. The molecular weight excluding hydrogens is 309 g/mol. The second kappa shape index (κ2) is 9.90. The van der Waals surface area contributed by atoms with Gasteiger partial charge < -0.3 is 19.5 Å². The molecule has 0 aromatic heterocycles. The van der Waals surface area contributed by atoms with Crippen LogP contribution in [-0.4, -0.2) is 26.9 Å². The van der Waals surface area contributed by atoms with E-state index in [1.165, 1.54) is 12.1 Å². The van der Waals surface area contributed by atoms with Crippen molar-refractivity contribution in [2.45, 2.75) is 20.0 Å². The Hall–Kier alpha value is -2.11. The minimum absolute atomic E-state index is 0.219. The van der Waals surface area contributed by atoms with Crippen LogP contribution in [0.2, 0.25) is 0 Å². The van der Waals surface area contributed by atoms with Crippen molar-refractivity contribution in [2.24, 2.45) is 0 Å². The summed E-state index contributed by atoms with van der Waals surface area (Å²) >= 11 is 0. The Kier molecular flexibility index (Phi) is 7.52. The van der Waals surface area contributed by atoms with Crippen molar-refractivity contribution in [1.82, 2.24) is 5.32 Å². The lowest BCUT2D eigenvalue weighted by Gasteiger charge is -2.12. The van der Waals surface area contributed by atoms with Crippen LogP contribution in [0.4, 0.5) is 4.39 Å². The van der Waals surface area contributed by atoms with Gasteiger partial charge in [0.25, 0.3) is 0 Å². The molecular formula is C19H24FNO3. The van der Waals surface area contributed by atoms with Crippen molar-refractivity contribution in [3.63, 3.8) is 0 Å². The van der Waals surface area contributed by atoms with Crippen LogP contribution in [0.15, 0.2) is 42.5 Å². The van der Waals surface area contributed by atoms with Crippen LogP contribution in [0.5, 0.6) is 11.5 Å². The Balaban J connectivity index is 1.85. The van der Waals surface area contributed by atoms with Crippen LogP contribution in [0.1, 0.15) is 18.1 Å². The maximum atomic E-state index is 12.9. The highest BCUT2D eigenvalue weighted by Crippen LogP contribution is 2.28. The molecule has 0 heterocycles. The van der Waals surface area contributed by atoms with E-state index in [0.29, 0.717) is 44.4 Å². The van der Waals surface area contributed by atoms with Crippen LogP contribution < -0.4 is 14.8 Å². The van der Waals surface area contributed by atoms with Crippen molar-refractivity contribution in [3.8, 4) is 11.5 Å². The predicted octanol–water partition coefficient (Wildman–Crippen LogP) is 3.54. The molecule has 0 aliphatic rings. The summed E-state index contributed by atoms with van der Waals surface area (Å²) in [4.78, 5) is 0. The van der Waals surface area contributed by atoms with E-state index < -0.39 is 0 Å². The van der Waals surface area contributed by atoms with E-state index >= 15 is 0 Å². The fraction of sp³-hybridized carbons (Fsp3) is 0.368. The van der Waals surface area contributed by atoms with Crippen LogP contribution in [-0.2, 0) is 17.8 Å². The third-order valence-electron chi connectivity index (χ3n) is 3.49. The van der Waals surface area contributed by atoms with Gasteiger partial charge in [0.2, 0.25) is 0 Å². The van der Waals surface area contributed by atoms with Crippen LogP contribution >= 0.6 is 0 Å². The van der Waals surface area contributed by atoms with Gasteiger partial charge >= 0.3 is 0 Å². The van der Waals surface area contributed by atoms with Crippen molar-refractivity contribution < 1.29 is 18.6 Å². The molecule has 130 valence electrons. The molecule has 0 amide bonds. The maximum absolute atomic E-state index is 12.9. The van der Waals surface area contributed by atoms with E-state index in [4.69, 9.17) is 14.2 Å². The van der Waals surface area contributed by atoms with Gasteiger partial charge in [0, 0.05) is 19.7 Å². The fourth-order valence-corrected chi connectivity index (χ4v) is 2.25. The molecule has 5 heteroatoms. The quantitative estimate of drug-likeness (QED) is 0.675. The number of benzene rings is 2. The second-order valence-electron chi connectivity index (χ2n) is 5.26. The lowest BCUT2D eigenvalue weighted by Crippen LogP contribution is -2.13. The highest BCUT2D eigenvalue weighted by molar-refractivity contribution is 5.43. The van der Waals surface area contributed by atoms with Crippen molar-refractivity contribution in [2.75, 3.05) is 26.9 Å². The van der Waals surface area contributed by atoms with Gasteiger partial charge in [0.05, 0.1) is 13.7 Å². The number of halogens is 1. The largest absolute Gasteiger partial charge is 0.493 e. The summed E-state index contributed by atoms with van der Waals surface area (Å²) in [5.74, 6) is 1.19. The van der Waals surface area contributed by atoms with Gasteiger partial charge in [-0.15, -0.1) is 0 Å². The number of ether oxygens (including phenoxy) is 3. The Bertz CT molecular complexity index is 617. The summed E-state index contributed by atoms with van der Waals surface area (Å²) in [6.45, 7) is 5.04. The summed E-state index contributed by atoms with van der Waals surface area (Å²) in [5, 5.41) is 3.33. The van der Waals surface area contributed by atoms with Gasteiger partial charge in [-0.05, 0) is 42.3 Å².